The molecule has 0 radical (unpaired) electrons. The molecule has 1 saturated heterocycles. The maximum atomic E-state index is 12.4. The van der Waals surface area contributed by atoms with E-state index in [1.807, 2.05) is 0 Å². The zero-order valence-corrected chi connectivity index (χ0v) is 11.7. The molecule has 2 nitrogen and oxygen atoms in total. The largest absolute Gasteiger partial charge is 0.339 e. The lowest BCUT2D eigenvalue weighted by Crippen LogP contribution is -2.46. The van der Waals surface area contributed by atoms with Crippen molar-refractivity contribution in [3.8, 4) is 0 Å². The highest BCUT2D eigenvalue weighted by Crippen LogP contribution is 2.38. The summed E-state index contributed by atoms with van der Waals surface area (Å²) in [5, 5.41) is 1.01. The number of nitrogens with zero attached hydrogens (tertiary/aromatic N) is 1. The number of amides is 1. The van der Waals surface area contributed by atoms with Crippen LogP contribution in [0.25, 0.3) is 0 Å². The van der Waals surface area contributed by atoms with Crippen LogP contribution in [0.4, 0.5) is 0 Å². The van der Waals surface area contributed by atoms with Crippen LogP contribution in [-0.2, 0) is 4.79 Å². The Kier molecular flexibility index (Phi) is 4.28. The molecule has 1 saturated carbocycles. The van der Waals surface area contributed by atoms with E-state index in [0.29, 0.717) is 17.9 Å². The Morgan fingerprint density at radius 1 is 1.38 bits per heavy atom. The highest BCUT2D eigenvalue weighted by atomic mass is 79.9. The monoisotopic (exact) mass is 287 g/mol. The van der Waals surface area contributed by atoms with Crippen molar-refractivity contribution in [3.05, 3.63) is 0 Å². The molecule has 0 aromatic carbocycles. The van der Waals surface area contributed by atoms with Crippen molar-refractivity contribution in [2.75, 3.05) is 11.9 Å². The van der Waals surface area contributed by atoms with Crippen LogP contribution in [-0.4, -0.2) is 28.7 Å². The molecular formula is C13H22BrNO. The number of piperidine rings is 1. The van der Waals surface area contributed by atoms with Crippen LogP contribution in [0.1, 0.15) is 45.4 Å². The number of carbonyl (C=O) groups excluding carboxylic acids is 1. The van der Waals surface area contributed by atoms with Crippen molar-refractivity contribution in [2.24, 2.45) is 11.8 Å². The van der Waals surface area contributed by atoms with Gasteiger partial charge in [-0.3, -0.25) is 4.79 Å². The molecule has 2 aliphatic rings. The topological polar surface area (TPSA) is 20.3 Å². The molecule has 1 aliphatic heterocycles. The minimum Gasteiger partial charge on any atom is -0.339 e. The van der Waals surface area contributed by atoms with Gasteiger partial charge in [0.05, 0.1) is 0 Å². The Morgan fingerprint density at radius 3 is 2.75 bits per heavy atom. The van der Waals surface area contributed by atoms with Crippen molar-refractivity contribution in [1.82, 2.24) is 4.90 Å². The minimum atomic E-state index is 0.274. The standard InChI is InChI=1S/C13H22BrNO/c1-10(11-5-6-11)13(16)15-9-3-2-4-12(15)7-8-14/h10-12H,2-9H2,1H3. The number of likely N-dealkylation sites (tertiary alicyclic amines) is 1. The number of hydrogen-bond donors (Lipinski definition) is 0. The van der Waals surface area contributed by atoms with Crippen molar-refractivity contribution >= 4 is 21.8 Å². The first-order valence-corrected chi connectivity index (χ1v) is 7.72. The Balaban J connectivity index is 1.95. The van der Waals surface area contributed by atoms with Gasteiger partial charge in [-0.15, -0.1) is 0 Å². The quantitative estimate of drug-likeness (QED) is 0.727. The van der Waals surface area contributed by atoms with Gasteiger partial charge in [-0.25, -0.2) is 0 Å². The zero-order chi connectivity index (χ0) is 11.5. The van der Waals surface area contributed by atoms with Crippen LogP contribution in [0.15, 0.2) is 0 Å². The van der Waals surface area contributed by atoms with Gasteiger partial charge in [0.1, 0.15) is 0 Å². The number of hydrogen-bond acceptors (Lipinski definition) is 1. The zero-order valence-electron chi connectivity index (χ0n) is 10.1. The molecule has 0 bridgehead atoms. The number of halogens is 1. The molecule has 2 atom stereocenters. The molecule has 2 fully saturated rings. The molecule has 1 amide bonds. The smallest absolute Gasteiger partial charge is 0.225 e. The summed E-state index contributed by atoms with van der Waals surface area (Å²) in [5.74, 6) is 1.39. The summed E-state index contributed by atoms with van der Waals surface area (Å²) in [7, 11) is 0. The molecule has 1 aliphatic carbocycles. The predicted octanol–water partition coefficient (Wildman–Crippen LogP) is 3.20. The Labute approximate surface area is 107 Å². The third-order valence-electron chi connectivity index (χ3n) is 4.07. The summed E-state index contributed by atoms with van der Waals surface area (Å²) in [5.41, 5.74) is 0. The van der Waals surface area contributed by atoms with Gasteiger partial charge in [-0.1, -0.05) is 22.9 Å². The summed E-state index contributed by atoms with van der Waals surface area (Å²) in [4.78, 5) is 14.5. The van der Waals surface area contributed by atoms with Crippen LogP contribution < -0.4 is 0 Å². The van der Waals surface area contributed by atoms with E-state index in [9.17, 15) is 4.79 Å². The van der Waals surface area contributed by atoms with Crippen LogP contribution in [0, 0.1) is 11.8 Å². The molecule has 0 N–H and O–H groups in total. The fourth-order valence-electron chi connectivity index (χ4n) is 2.78. The molecule has 0 spiro atoms. The number of rotatable bonds is 4. The van der Waals surface area contributed by atoms with Crippen molar-refractivity contribution < 1.29 is 4.79 Å². The summed E-state index contributed by atoms with van der Waals surface area (Å²) < 4.78 is 0. The lowest BCUT2D eigenvalue weighted by atomic mass is 9.96. The van der Waals surface area contributed by atoms with Crippen molar-refractivity contribution in [2.45, 2.75) is 51.5 Å². The number of alkyl halides is 1. The normalized spacial score (nSPS) is 27.9. The fraction of sp³-hybridized carbons (Fsp3) is 0.923. The summed E-state index contributed by atoms with van der Waals surface area (Å²) >= 11 is 3.50. The molecular weight excluding hydrogens is 266 g/mol. The Morgan fingerprint density at radius 2 is 2.12 bits per heavy atom. The predicted molar refractivity (Wildman–Crippen MR) is 69.7 cm³/mol. The van der Waals surface area contributed by atoms with Gasteiger partial charge >= 0.3 is 0 Å². The average Bonchev–Trinajstić information content (AvgIpc) is 3.12. The first-order valence-electron chi connectivity index (χ1n) is 6.60. The van der Waals surface area contributed by atoms with E-state index >= 15 is 0 Å². The average molecular weight is 288 g/mol. The molecule has 2 unspecified atom stereocenters. The van der Waals surface area contributed by atoms with E-state index in [1.165, 1.54) is 32.1 Å². The van der Waals surface area contributed by atoms with Gasteiger partial charge < -0.3 is 4.90 Å². The highest BCUT2D eigenvalue weighted by Gasteiger charge is 2.37. The van der Waals surface area contributed by atoms with Gasteiger partial charge in [0, 0.05) is 23.8 Å². The van der Waals surface area contributed by atoms with Crippen LogP contribution in [0.3, 0.4) is 0 Å². The van der Waals surface area contributed by atoms with Crippen molar-refractivity contribution in [1.29, 1.82) is 0 Å². The molecule has 0 aromatic rings. The lowest BCUT2D eigenvalue weighted by molar-refractivity contribution is -0.139. The Hall–Kier alpha value is -0.0500. The first-order chi connectivity index (χ1) is 7.74. The lowest BCUT2D eigenvalue weighted by Gasteiger charge is -2.37. The highest BCUT2D eigenvalue weighted by molar-refractivity contribution is 9.09. The second-order valence-corrected chi connectivity index (χ2v) is 6.08. The van der Waals surface area contributed by atoms with Crippen molar-refractivity contribution in [3.63, 3.8) is 0 Å². The van der Waals surface area contributed by atoms with E-state index in [0.717, 1.165) is 18.3 Å². The van der Waals surface area contributed by atoms with E-state index in [1.54, 1.807) is 0 Å². The molecule has 92 valence electrons. The Bertz CT molecular complexity index is 250. The van der Waals surface area contributed by atoms with Crippen LogP contribution in [0.5, 0.6) is 0 Å². The summed E-state index contributed by atoms with van der Waals surface area (Å²) in [6.07, 6.45) is 7.34. The van der Waals surface area contributed by atoms with E-state index in [-0.39, 0.29) is 5.92 Å². The summed E-state index contributed by atoms with van der Waals surface area (Å²) in [6, 6.07) is 0.502. The molecule has 2 rings (SSSR count). The first kappa shape index (κ1) is 12.4. The summed E-state index contributed by atoms with van der Waals surface area (Å²) in [6.45, 7) is 3.12. The van der Waals surface area contributed by atoms with Gasteiger partial charge in [-0.2, -0.15) is 0 Å². The van der Waals surface area contributed by atoms with Gasteiger partial charge in [0.25, 0.3) is 0 Å². The van der Waals surface area contributed by atoms with E-state index < -0.39 is 0 Å². The molecule has 16 heavy (non-hydrogen) atoms. The maximum Gasteiger partial charge on any atom is 0.225 e. The molecule has 3 heteroatoms. The van der Waals surface area contributed by atoms with Crippen LogP contribution in [0.2, 0.25) is 0 Å². The fourth-order valence-corrected chi connectivity index (χ4v) is 3.30. The minimum absolute atomic E-state index is 0.274. The third kappa shape index (κ3) is 2.79. The molecule has 0 aromatic heterocycles. The van der Waals surface area contributed by atoms with E-state index in [2.05, 4.69) is 27.8 Å². The second-order valence-electron chi connectivity index (χ2n) is 5.28. The SMILES string of the molecule is CC(C(=O)N1CCCCC1CCBr)C1CC1. The van der Waals surface area contributed by atoms with E-state index in [4.69, 9.17) is 0 Å². The number of carbonyl (C=O) groups is 1. The van der Waals surface area contributed by atoms with Gasteiger partial charge in [0.2, 0.25) is 5.91 Å². The maximum absolute atomic E-state index is 12.4. The second kappa shape index (κ2) is 5.52. The van der Waals surface area contributed by atoms with Gasteiger partial charge in [-0.05, 0) is 44.4 Å². The van der Waals surface area contributed by atoms with Gasteiger partial charge in [0.15, 0.2) is 0 Å². The third-order valence-corrected chi connectivity index (χ3v) is 4.53. The van der Waals surface area contributed by atoms with Crippen LogP contribution >= 0.6 is 15.9 Å². The molecule has 1 heterocycles.